The summed E-state index contributed by atoms with van der Waals surface area (Å²) in [5.74, 6) is -0.333. The molecule has 0 spiro atoms. The van der Waals surface area contributed by atoms with Crippen LogP contribution in [0.1, 0.15) is 41.1 Å². The van der Waals surface area contributed by atoms with Gasteiger partial charge in [0.1, 0.15) is 0 Å². The molecule has 64 valence electrons. The number of carboxylic acids is 1. The Kier molecular flexibility index (Phi) is 1.64. The first kappa shape index (κ1) is 7.40. The molecule has 0 amide bonds. The van der Waals surface area contributed by atoms with Crippen LogP contribution in [0.25, 0.3) is 0 Å². The quantitative estimate of drug-likeness (QED) is 0.704. The molecule has 1 heterocycles. The molecule has 1 saturated carbocycles. The van der Waals surface area contributed by atoms with Crippen LogP contribution in [0.3, 0.4) is 0 Å². The highest BCUT2D eigenvalue weighted by molar-refractivity contribution is 5.89. The van der Waals surface area contributed by atoms with Crippen LogP contribution in [-0.4, -0.2) is 16.1 Å². The van der Waals surface area contributed by atoms with Crippen molar-refractivity contribution in [3.8, 4) is 0 Å². The van der Waals surface area contributed by atoms with Crippen LogP contribution in [0.5, 0.6) is 0 Å². The summed E-state index contributed by atoms with van der Waals surface area (Å²) in [6.45, 7) is 0. The van der Waals surface area contributed by atoms with E-state index in [2.05, 4.69) is 4.98 Å². The van der Waals surface area contributed by atoms with Crippen molar-refractivity contribution in [1.82, 2.24) is 4.98 Å². The Labute approximate surface area is 70.4 Å². The smallest absolute Gasteiger partial charge is 0.337 e. The minimum atomic E-state index is -0.821. The van der Waals surface area contributed by atoms with E-state index in [-0.39, 0.29) is 0 Å². The molecule has 3 nitrogen and oxygen atoms in total. The first-order chi connectivity index (χ1) is 5.79. The lowest BCUT2D eigenvalue weighted by atomic mass is 9.80. The third kappa shape index (κ3) is 1.02. The molecule has 0 atom stereocenters. The first-order valence-corrected chi connectivity index (χ1v) is 4.19. The normalized spacial score (nSPS) is 17.3. The maximum Gasteiger partial charge on any atom is 0.337 e. The Balaban J connectivity index is 2.29. The lowest BCUT2D eigenvalue weighted by Gasteiger charge is -2.25. The standard InChI is InChI=1S/C9H11NO2/c11-9(12)8-5-10-4-7(8)6-2-1-3-6/h4-6,10H,1-3H2,(H,11,12). The fraction of sp³-hybridized carbons (Fsp3) is 0.444. The molecule has 0 bridgehead atoms. The Bertz CT molecular complexity index is 299. The maximum absolute atomic E-state index is 10.7. The van der Waals surface area contributed by atoms with Gasteiger partial charge in [-0.2, -0.15) is 0 Å². The molecule has 1 aromatic heterocycles. The summed E-state index contributed by atoms with van der Waals surface area (Å²) in [5, 5.41) is 8.80. The second-order valence-electron chi connectivity index (χ2n) is 3.26. The van der Waals surface area contributed by atoms with Crippen molar-refractivity contribution >= 4 is 5.97 Å². The van der Waals surface area contributed by atoms with Crippen LogP contribution in [-0.2, 0) is 0 Å². The second-order valence-corrected chi connectivity index (χ2v) is 3.26. The molecular weight excluding hydrogens is 154 g/mol. The average Bonchev–Trinajstić information content (AvgIpc) is 2.31. The van der Waals surface area contributed by atoms with Crippen molar-refractivity contribution in [3.63, 3.8) is 0 Å². The molecule has 0 unspecified atom stereocenters. The summed E-state index contributed by atoms with van der Waals surface area (Å²) in [7, 11) is 0. The molecule has 12 heavy (non-hydrogen) atoms. The SMILES string of the molecule is O=C(O)c1c[nH]cc1C1CCC1. The number of hydrogen-bond acceptors (Lipinski definition) is 1. The number of rotatable bonds is 2. The molecule has 0 radical (unpaired) electrons. The Hall–Kier alpha value is -1.25. The summed E-state index contributed by atoms with van der Waals surface area (Å²) >= 11 is 0. The molecule has 1 aliphatic rings. The van der Waals surface area contributed by atoms with Crippen LogP contribution in [0.4, 0.5) is 0 Å². The van der Waals surface area contributed by atoms with Crippen molar-refractivity contribution in [2.75, 3.05) is 0 Å². The molecule has 2 rings (SSSR count). The number of hydrogen-bond donors (Lipinski definition) is 2. The maximum atomic E-state index is 10.7. The molecule has 1 fully saturated rings. The molecule has 2 N–H and O–H groups in total. The summed E-state index contributed by atoms with van der Waals surface area (Å²) in [5.41, 5.74) is 1.42. The van der Waals surface area contributed by atoms with Gasteiger partial charge in [0, 0.05) is 12.4 Å². The first-order valence-electron chi connectivity index (χ1n) is 4.19. The number of carboxylic acid groups (broad SMARTS) is 1. The minimum Gasteiger partial charge on any atom is -0.478 e. The van der Waals surface area contributed by atoms with Crippen LogP contribution in [0.15, 0.2) is 12.4 Å². The fourth-order valence-electron chi connectivity index (χ4n) is 1.62. The number of H-pyrrole nitrogens is 1. The number of aromatic nitrogens is 1. The Morgan fingerprint density at radius 1 is 1.50 bits per heavy atom. The van der Waals surface area contributed by atoms with E-state index in [9.17, 15) is 4.79 Å². The Morgan fingerprint density at radius 2 is 2.25 bits per heavy atom. The molecule has 0 aromatic carbocycles. The van der Waals surface area contributed by atoms with E-state index in [4.69, 9.17) is 5.11 Å². The summed E-state index contributed by atoms with van der Waals surface area (Å²) in [6.07, 6.45) is 6.88. The van der Waals surface area contributed by atoms with Crippen molar-refractivity contribution in [2.24, 2.45) is 0 Å². The lowest BCUT2D eigenvalue weighted by Crippen LogP contribution is -2.11. The van der Waals surface area contributed by atoms with Crippen LogP contribution < -0.4 is 0 Å². The van der Waals surface area contributed by atoms with Crippen LogP contribution in [0, 0.1) is 0 Å². The average molecular weight is 165 g/mol. The van der Waals surface area contributed by atoms with E-state index >= 15 is 0 Å². The second kappa shape index (κ2) is 2.66. The molecular formula is C9H11NO2. The van der Waals surface area contributed by atoms with E-state index < -0.39 is 5.97 Å². The highest BCUT2D eigenvalue weighted by Crippen LogP contribution is 2.37. The van der Waals surface area contributed by atoms with Crippen LogP contribution >= 0.6 is 0 Å². The summed E-state index contributed by atoms with van der Waals surface area (Å²) in [4.78, 5) is 13.6. The number of nitrogens with one attached hydrogen (secondary N) is 1. The molecule has 3 heteroatoms. The van der Waals surface area contributed by atoms with Gasteiger partial charge in [0.05, 0.1) is 5.56 Å². The van der Waals surface area contributed by atoms with Gasteiger partial charge in [0.2, 0.25) is 0 Å². The predicted octanol–water partition coefficient (Wildman–Crippen LogP) is 1.98. The highest BCUT2D eigenvalue weighted by Gasteiger charge is 2.24. The topological polar surface area (TPSA) is 53.1 Å². The van der Waals surface area contributed by atoms with Gasteiger partial charge >= 0.3 is 5.97 Å². The minimum absolute atomic E-state index is 0.444. The van der Waals surface area contributed by atoms with Crippen molar-refractivity contribution < 1.29 is 9.90 Å². The zero-order chi connectivity index (χ0) is 8.55. The molecule has 0 saturated heterocycles. The van der Waals surface area contributed by atoms with Gasteiger partial charge in [-0.05, 0) is 24.3 Å². The molecule has 0 aliphatic heterocycles. The predicted molar refractivity (Wildman–Crippen MR) is 44.3 cm³/mol. The fourth-order valence-corrected chi connectivity index (χ4v) is 1.62. The number of aromatic amines is 1. The van der Waals surface area contributed by atoms with Gasteiger partial charge in [-0.15, -0.1) is 0 Å². The number of carbonyl (C=O) groups is 1. The monoisotopic (exact) mass is 165 g/mol. The van der Waals surface area contributed by atoms with Gasteiger partial charge in [-0.3, -0.25) is 0 Å². The van der Waals surface area contributed by atoms with Crippen molar-refractivity contribution in [1.29, 1.82) is 0 Å². The van der Waals surface area contributed by atoms with E-state index in [1.54, 1.807) is 6.20 Å². The van der Waals surface area contributed by atoms with Crippen LogP contribution in [0.2, 0.25) is 0 Å². The van der Waals surface area contributed by atoms with Gasteiger partial charge in [-0.1, -0.05) is 6.42 Å². The van der Waals surface area contributed by atoms with Gasteiger partial charge in [0.15, 0.2) is 0 Å². The highest BCUT2D eigenvalue weighted by atomic mass is 16.4. The number of aromatic carboxylic acids is 1. The van der Waals surface area contributed by atoms with Gasteiger partial charge < -0.3 is 10.1 Å². The third-order valence-electron chi connectivity index (χ3n) is 2.55. The molecule has 1 aromatic rings. The van der Waals surface area contributed by atoms with E-state index in [0.717, 1.165) is 18.4 Å². The largest absolute Gasteiger partial charge is 0.478 e. The van der Waals surface area contributed by atoms with Gasteiger partial charge in [0.25, 0.3) is 0 Å². The summed E-state index contributed by atoms with van der Waals surface area (Å²) in [6, 6.07) is 0. The zero-order valence-electron chi connectivity index (χ0n) is 6.71. The van der Waals surface area contributed by atoms with Gasteiger partial charge in [-0.25, -0.2) is 4.79 Å². The summed E-state index contributed by atoms with van der Waals surface area (Å²) < 4.78 is 0. The van der Waals surface area contributed by atoms with E-state index in [1.165, 1.54) is 6.42 Å². The van der Waals surface area contributed by atoms with Crippen molar-refractivity contribution in [2.45, 2.75) is 25.2 Å². The van der Waals surface area contributed by atoms with E-state index in [0.29, 0.717) is 11.5 Å². The Morgan fingerprint density at radius 3 is 2.75 bits per heavy atom. The third-order valence-corrected chi connectivity index (χ3v) is 2.55. The van der Waals surface area contributed by atoms with Crippen molar-refractivity contribution in [3.05, 3.63) is 23.5 Å². The lowest BCUT2D eigenvalue weighted by molar-refractivity contribution is 0.0694. The van der Waals surface area contributed by atoms with E-state index in [1.807, 2.05) is 6.20 Å². The zero-order valence-corrected chi connectivity index (χ0v) is 6.71. The molecule has 1 aliphatic carbocycles.